The van der Waals surface area contributed by atoms with Gasteiger partial charge >= 0.3 is 0 Å². The highest BCUT2D eigenvalue weighted by atomic mass is 16.5. The van der Waals surface area contributed by atoms with Gasteiger partial charge in [-0.25, -0.2) is 0 Å². The largest absolute Gasteiger partial charge is 0.457 e. The van der Waals surface area contributed by atoms with Crippen LogP contribution >= 0.6 is 0 Å². The molecule has 0 bridgehead atoms. The molecule has 8 aromatic carbocycles. The number of hydrogen-bond acceptors (Lipinski definition) is 7. The highest BCUT2D eigenvalue weighted by Gasteiger charge is 2.52. The van der Waals surface area contributed by atoms with Crippen molar-refractivity contribution in [2.24, 2.45) is 0 Å². The smallest absolute Gasteiger partial charge is 0.152 e. The number of nitriles is 2. The molecule has 1 unspecified atom stereocenters. The lowest BCUT2D eigenvalue weighted by Crippen LogP contribution is -2.32. The maximum atomic E-state index is 9.78. The predicted molar refractivity (Wildman–Crippen MR) is 272 cm³/mol. The quantitative estimate of drug-likeness (QED) is 0.174. The number of hydrogen-bond donors (Lipinski definition) is 0. The number of nitrogens with zero attached hydrogens (tertiary/aromatic N) is 7. The summed E-state index contributed by atoms with van der Waals surface area (Å²) < 4.78 is 18.1. The molecule has 12 aromatic rings. The van der Waals surface area contributed by atoms with E-state index in [1.807, 2.05) is 36.7 Å². The van der Waals surface area contributed by atoms with Gasteiger partial charge in [-0.15, -0.1) is 0 Å². The number of benzene rings is 8. The number of para-hydroxylation sites is 4. The standard InChI is InChI=1S/C61H33N7O2/c62-33-36-19-24-53-57(28-36)70-58-29-37(34-63)20-25-54(58)67(53)38-22-26-52-44(30-38)43-12-3-7-17-51(43)66(52)39-21-23-46-56(32-39)69-55-18-8-4-13-45(55)61(46)47-14-9-27-64-59(47)60-48(61)31-40(35-65-60)68-49-15-5-1-10-41(49)42-11-2-6-16-50(42)68/h1-32,35H. The van der Waals surface area contributed by atoms with Crippen LogP contribution in [0.3, 0.4) is 0 Å². The number of anilines is 3. The average Bonchev–Trinajstić information content (AvgIpc) is 4.04. The van der Waals surface area contributed by atoms with E-state index in [2.05, 4.69) is 166 Å². The van der Waals surface area contributed by atoms with Gasteiger partial charge in [-0.2, -0.15) is 10.5 Å². The van der Waals surface area contributed by atoms with Crippen LogP contribution in [0.25, 0.3) is 66.4 Å². The molecule has 0 amide bonds. The van der Waals surface area contributed by atoms with E-state index in [9.17, 15) is 10.5 Å². The first-order chi connectivity index (χ1) is 34.6. The molecule has 0 N–H and O–H groups in total. The second kappa shape index (κ2) is 14.0. The van der Waals surface area contributed by atoms with E-state index in [0.29, 0.717) is 22.6 Å². The molecule has 9 nitrogen and oxygen atoms in total. The third-order valence-corrected chi connectivity index (χ3v) is 14.5. The molecular weight excluding hydrogens is 863 g/mol. The number of ether oxygens (including phenoxy) is 2. The minimum atomic E-state index is -0.800. The lowest BCUT2D eigenvalue weighted by molar-refractivity contribution is 0.436. The summed E-state index contributed by atoms with van der Waals surface area (Å²) in [6.45, 7) is 0. The molecule has 1 atom stereocenters. The summed E-state index contributed by atoms with van der Waals surface area (Å²) in [6, 6.07) is 69.1. The predicted octanol–water partition coefficient (Wildman–Crippen LogP) is 14.5. The molecule has 6 heterocycles. The lowest BCUT2D eigenvalue weighted by atomic mass is 9.66. The number of fused-ring (bicyclic) bond motifs is 17. The number of pyridine rings is 2. The maximum Gasteiger partial charge on any atom is 0.152 e. The van der Waals surface area contributed by atoms with E-state index in [0.717, 1.165) is 106 Å². The Morgan fingerprint density at radius 3 is 1.66 bits per heavy atom. The zero-order valence-corrected chi connectivity index (χ0v) is 37.0. The monoisotopic (exact) mass is 895 g/mol. The van der Waals surface area contributed by atoms with E-state index >= 15 is 0 Å². The molecule has 70 heavy (non-hydrogen) atoms. The third kappa shape index (κ3) is 5.02. The van der Waals surface area contributed by atoms with E-state index in [4.69, 9.17) is 19.4 Å². The summed E-state index contributed by atoms with van der Waals surface area (Å²) in [6.07, 6.45) is 3.85. The fraction of sp³-hybridized carbons (Fsp3) is 0.0164. The Balaban J connectivity index is 0.933. The number of rotatable bonds is 3. The first-order valence-electron chi connectivity index (χ1n) is 23.1. The van der Waals surface area contributed by atoms with Crippen LogP contribution in [0.2, 0.25) is 0 Å². The minimum Gasteiger partial charge on any atom is -0.457 e. The third-order valence-electron chi connectivity index (χ3n) is 14.5. The molecular formula is C61H33N7O2. The molecule has 15 rings (SSSR count). The van der Waals surface area contributed by atoms with E-state index in [-0.39, 0.29) is 0 Å². The van der Waals surface area contributed by atoms with Crippen molar-refractivity contribution in [2.75, 3.05) is 4.90 Å². The minimum absolute atomic E-state index is 0.486. The van der Waals surface area contributed by atoms with Crippen molar-refractivity contribution < 1.29 is 9.47 Å². The van der Waals surface area contributed by atoms with Crippen molar-refractivity contribution in [1.29, 1.82) is 10.5 Å². The van der Waals surface area contributed by atoms with Gasteiger partial charge < -0.3 is 23.5 Å². The van der Waals surface area contributed by atoms with Gasteiger partial charge in [0, 0.05) is 74.0 Å². The van der Waals surface area contributed by atoms with Gasteiger partial charge in [0.1, 0.15) is 11.5 Å². The molecule has 0 radical (unpaired) electrons. The Bertz CT molecular complexity index is 4260. The Morgan fingerprint density at radius 1 is 0.400 bits per heavy atom. The summed E-state index contributed by atoms with van der Waals surface area (Å²) in [5, 5.41) is 24.1. The molecule has 0 saturated heterocycles. The van der Waals surface area contributed by atoms with Crippen molar-refractivity contribution >= 4 is 60.7 Å². The van der Waals surface area contributed by atoms with Gasteiger partial charge in [0.15, 0.2) is 11.5 Å². The second-order valence-electron chi connectivity index (χ2n) is 18.0. The van der Waals surface area contributed by atoms with Crippen LogP contribution in [-0.2, 0) is 5.41 Å². The van der Waals surface area contributed by atoms with Crippen molar-refractivity contribution in [3.8, 4) is 57.9 Å². The van der Waals surface area contributed by atoms with Crippen LogP contribution in [0, 0.1) is 22.7 Å². The first-order valence-corrected chi connectivity index (χ1v) is 23.1. The average molecular weight is 896 g/mol. The van der Waals surface area contributed by atoms with E-state index < -0.39 is 5.41 Å². The van der Waals surface area contributed by atoms with Crippen molar-refractivity contribution in [1.82, 2.24) is 19.1 Å². The summed E-state index contributed by atoms with van der Waals surface area (Å²) in [4.78, 5) is 12.5. The topological polar surface area (TPSA) is 105 Å². The van der Waals surface area contributed by atoms with Crippen LogP contribution in [0.1, 0.15) is 33.4 Å². The van der Waals surface area contributed by atoms with E-state index in [1.165, 1.54) is 10.8 Å². The highest BCUT2D eigenvalue weighted by Crippen LogP contribution is 2.62. The van der Waals surface area contributed by atoms with Crippen molar-refractivity contribution in [3.63, 3.8) is 0 Å². The molecule has 2 aliphatic heterocycles. The molecule has 0 saturated carbocycles. The van der Waals surface area contributed by atoms with Crippen LogP contribution in [0.4, 0.5) is 17.1 Å². The summed E-state index contributed by atoms with van der Waals surface area (Å²) in [7, 11) is 0. The Hall–Kier alpha value is -9.96. The van der Waals surface area contributed by atoms with Crippen molar-refractivity contribution in [3.05, 3.63) is 234 Å². The fourth-order valence-corrected chi connectivity index (χ4v) is 11.7. The van der Waals surface area contributed by atoms with Crippen molar-refractivity contribution in [2.45, 2.75) is 5.41 Å². The molecule has 9 heteroatoms. The molecule has 3 aliphatic rings. The van der Waals surface area contributed by atoms with Gasteiger partial charge in [-0.05, 0) is 90.5 Å². The highest BCUT2D eigenvalue weighted by molar-refractivity contribution is 6.11. The second-order valence-corrected chi connectivity index (χ2v) is 18.0. The van der Waals surface area contributed by atoms with E-state index in [1.54, 1.807) is 24.3 Å². The first kappa shape index (κ1) is 38.2. The zero-order chi connectivity index (χ0) is 46.2. The normalized spacial score (nSPS) is 14.8. The molecule has 1 spiro atoms. The Morgan fingerprint density at radius 2 is 0.957 bits per heavy atom. The van der Waals surface area contributed by atoms with Gasteiger partial charge in [0.2, 0.25) is 0 Å². The zero-order valence-electron chi connectivity index (χ0n) is 37.0. The summed E-state index contributed by atoms with van der Waals surface area (Å²) >= 11 is 0. The van der Waals surface area contributed by atoms with Gasteiger partial charge in [-0.1, -0.05) is 84.9 Å². The fourth-order valence-electron chi connectivity index (χ4n) is 11.7. The molecule has 324 valence electrons. The lowest BCUT2D eigenvalue weighted by Gasteiger charge is -2.39. The Kier molecular flexibility index (Phi) is 7.65. The van der Waals surface area contributed by atoms with Crippen LogP contribution < -0.4 is 14.4 Å². The number of aromatic nitrogens is 4. The maximum absolute atomic E-state index is 9.78. The Labute approximate surface area is 400 Å². The van der Waals surface area contributed by atoms with Gasteiger partial charge in [0.05, 0.1) is 85.4 Å². The molecule has 1 aliphatic carbocycles. The van der Waals surface area contributed by atoms with Gasteiger partial charge in [-0.3, -0.25) is 9.97 Å². The van der Waals surface area contributed by atoms with Crippen LogP contribution in [0.5, 0.6) is 23.0 Å². The van der Waals surface area contributed by atoms with Gasteiger partial charge in [0.25, 0.3) is 0 Å². The summed E-state index contributed by atoms with van der Waals surface area (Å²) in [5.74, 6) is 2.61. The SMILES string of the molecule is N#Cc1ccc2c(c1)Oc1cc(C#N)ccc1N2c1ccc2c(c1)c1ccccc1n2-c1ccc2c(c1)Oc1ccccc1C21c2cccnc2-c2ncc(-n3c4ccccc4c4ccccc43)cc21. The molecule has 4 aromatic heterocycles. The molecule has 0 fully saturated rings. The van der Waals surface area contributed by atoms with Crippen LogP contribution in [0.15, 0.2) is 200 Å². The summed E-state index contributed by atoms with van der Waals surface area (Å²) in [5.41, 5.74) is 14.7. The van der Waals surface area contributed by atoms with Crippen LogP contribution in [-0.4, -0.2) is 19.1 Å².